The molecule has 0 radical (unpaired) electrons. The van der Waals surface area contributed by atoms with Crippen molar-refractivity contribution in [2.75, 3.05) is 6.61 Å². The molecule has 0 spiro atoms. The Morgan fingerprint density at radius 1 is 1.19 bits per heavy atom. The van der Waals surface area contributed by atoms with E-state index in [1.807, 2.05) is 18.2 Å². The molecule has 0 heterocycles. The maximum absolute atomic E-state index is 12.7. The minimum Gasteiger partial charge on any atom is -0.454 e. The Balaban J connectivity index is 2.98. The van der Waals surface area contributed by atoms with E-state index in [0.29, 0.717) is 5.56 Å². The van der Waals surface area contributed by atoms with Crippen molar-refractivity contribution >= 4 is 14.3 Å². The van der Waals surface area contributed by atoms with Crippen LogP contribution in [0.2, 0.25) is 18.1 Å². The Bertz CT molecular complexity index is 738. The third kappa shape index (κ3) is 9.72. The largest absolute Gasteiger partial charge is 0.454 e. The van der Waals surface area contributed by atoms with Crippen LogP contribution >= 0.6 is 0 Å². The van der Waals surface area contributed by atoms with Crippen molar-refractivity contribution in [2.24, 2.45) is 5.11 Å². The molecule has 0 saturated carbocycles. The summed E-state index contributed by atoms with van der Waals surface area (Å²) in [5.41, 5.74) is 9.61. The van der Waals surface area contributed by atoms with Gasteiger partial charge in [-0.15, -0.1) is 0 Å². The molecule has 0 aliphatic carbocycles. The van der Waals surface area contributed by atoms with Crippen LogP contribution in [0.25, 0.3) is 10.4 Å². The molecule has 172 valence electrons. The zero-order valence-electron chi connectivity index (χ0n) is 20.0. The number of benzene rings is 1. The highest BCUT2D eigenvalue weighted by Crippen LogP contribution is 2.36. The summed E-state index contributed by atoms with van der Waals surface area (Å²) in [5.74, 6) is -0.438. The number of unbranched alkanes of at least 4 members (excludes halogenated alkanes) is 4. The predicted octanol–water partition coefficient (Wildman–Crippen LogP) is 7.44. The molecule has 1 aromatic carbocycles. The third-order valence-electron chi connectivity index (χ3n) is 5.80. The van der Waals surface area contributed by atoms with Gasteiger partial charge in [-0.3, -0.25) is 0 Å². The normalized spacial score (nSPS) is 14.1. The molecule has 1 aromatic rings. The monoisotopic (exact) mass is 445 g/mol. The van der Waals surface area contributed by atoms with E-state index >= 15 is 0 Å². The van der Waals surface area contributed by atoms with Crippen LogP contribution in [0.15, 0.2) is 47.6 Å². The number of rotatable bonds is 13. The van der Waals surface area contributed by atoms with Crippen molar-refractivity contribution in [3.05, 3.63) is 58.5 Å². The number of hydrogen-bond donors (Lipinski definition) is 0. The van der Waals surface area contributed by atoms with Crippen molar-refractivity contribution in [3.63, 3.8) is 0 Å². The van der Waals surface area contributed by atoms with Crippen LogP contribution in [0, 0.1) is 0 Å². The number of allylic oxidation sites excluding steroid dienone is 1. The van der Waals surface area contributed by atoms with Crippen LogP contribution < -0.4 is 0 Å². The summed E-state index contributed by atoms with van der Waals surface area (Å²) in [4.78, 5) is 15.7. The van der Waals surface area contributed by atoms with Gasteiger partial charge in [0, 0.05) is 11.5 Å². The highest BCUT2D eigenvalue weighted by molar-refractivity contribution is 6.74. The summed E-state index contributed by atoms with van der Waals surface area (Å²) in [6, 6.07) is 8.23. The average molecular weight is 446 g/mol. The van der Waals surface area contributed by atoms with Crippen LogP contribution in [-0.4, -0.2) is 33.0 Å². The minimum absolute atomic E-state index is 0.0270. The highest BCUT2D eigenvalue weighted by atomic mass is 28.4. The lowest BCUT2D eigenvalue weighted by Crippen LogP contribution is -2.44. The van der Waals surface area contributed by atoms with Crippen LogP contribution in [0.4, 0.5) is 0 Å². The number of carbonyl (C=O) groups is 1. The van der Waals surface area contributed by atoms with Gasteiger partial charge in [0.25, 0.3) is 0 Å². The average Bonchev–Trinajstić information content (AvgIpc) is 2.72. The van der Waals surface area contributed by atoms with Gasteiger partial charge in [-0.25, -0.2) is 4.79 Å². The molecule has 0 saturated heterocycles. The fourth-order valence-electron chi connectivity index (χ4n) is 2.70. The summed E-state index contributed by atoms with van der Waals surface area (Å²) in [7, 11) is -2.05. The van der Waals surface area contributed by atoms with Crippen LogP contribution in [-0.2, 0) is 9.16 Å². The number of carbonyl (C=O) groups excluding carboxylic acids is 1. The Morgan fingerprint density at radius 3 is 2.45 bits per heavy atom. The van der Waals surface area contributed by atoms with Crippen LogP contribution in [0.5, 0.6) is 0 Å². The van der Waals surface area contributed by atoms with Crippen molar-refractivity contribution < 1.29 is 14.0 Å². The topological polar surface area (TPSA) is 84.3 Å². The maximum atomic E-state index is 12.7. The SMILES string of the molecule is CCCCCCC=C[C@@H](OC(=O)c1ccccc1)C(CO[Si](C)(C)C(C)(C)C)N=[N+]=[N-]. The summed E-state index contributed by atoms with van der Waals surface area (Å²) >= 11 is 0. The van der Waals surface area contributed by atoms with E-state index in [2.05, 4.69) is 50.8 Å². The molecular weight excluding hydrogens is 406 g/mol. The maximum Gasteiger partial charge on any atom is 0.338 e. The van der Waals surface area contributed by atoms with Crippen molar-refractivity contribution in [2.45, 2.75) is 90.1 Å². The lowest BCUT2D eigenvalue weighted by atomic mass is 10.1. The van der Waals surface area contributed by atoms with E-state index in [1.54, 1.807) is 24.3 Å². The van der Waals surface area contributed by atoms with Crippen molar-refractivity contribution in [1.82, 2.24) is 0 Å². The molecule has 2 atom stereocenters. The van der Waals surface area contributed by atoms with E-state index in [9.17, 15) is 4.79 Å². The van der Waals surface area contributed by atoms with E-state index in [4.69, 9.17) is 14.7 Å². The lowest BCUT2D eigenvalue weighted by Gasteiger charge is -2.37. The first kappa shape index (κ1) is 27.0. The molecule has 0 N–H and O–H groups in total. The quantitative estimate of drug-likeness (QED) is 0.0601. The molecule has 0 amide bonds. The van der Waals surface area contributed by atoms with E-state index < -0.39 is 26.4 Å². The van der Waals surface area contributed by atoms with Gasteiger partial charge in [0.15, 0.2) is 8.32 Å². The number of ether oxygens (including phenoxy) is 1. The second kappa shape index (κ2) is 13.4. The van der Waals surface area contributed by atoms with Gasteiger partial charge < -0.3 is 9.16 Å². The molecule has 0 aliphatic rings. The van der Waals surface area contributed by atoms with Crippen LogP contribution in [0.1, 0.15) is 70.2 Å². The number of esters is 1. The molecule has 7 heteroatoms. The second-order valence-corrected chi connectivity index (χ2v) is 14.2. The summed E-state index contributed by atoms with van der Waals surface area (Å²) < 4.78 is 12.1. The smallest absolute Gasteiger partial charge is 0.338 e. The zero-order chi connectivity index (χ0) is 23.3. The Hall–Kier alpha value is -2.08. The molecule has 1 unspecified atom stereocenters. The van der Waals surface area contributed by atoms with Crippen LogP contribution in [0.3, 0.4) is 0 Å². The zero-order valence-corrected chi connectivity index (χ0v) is 21.0. The van der Waals surface area contributed by atoms with Gasteiger partial charge in [0.2, 0.25) is 0 Å². The third-order valence-corrected chi connectivity index (χ3v) is 10.3. The van der Waals surface area contributed by atoms with Gasteiger partial charge >= 0.3 is 5.97 Å². The number of azide groups is 1. The Kier molecular flexibility index (Phi) is 11.6. The molecule has 0 aromatic heterocycles. The highest BCUT2D eigenvalue weighted by Gasteiger charge is 2.38. The molecular formula is C24H39N3O3Si. The fourth-order valence-corrected chi connectivity index (χ4v) is 3.72. The summed E-state index contributed by atoms with van der Waals surface area (Å²) in [6.07, 6.45) is 8.73. The van der Waals surface area contributed by atoms with Crippen molar-refractivity contribution in [1.29, 1.82) is 0 Å². The number of hydrogen-bond acceptors (Lipinski definition) is 4. The second-order valence-electron chi connectivity index (χ2n) is 9.36. The standard InChI is InChI=1S/C24H39N3O3Si/c1-7-8-9-10-11-15-18-22(30-23(28)20-16-13-12-14-17-20)21(26-27-25)19-29-31(5,6)24(2,3)4/h12-18,21-22H,7-11,19H2,1-6H3/t21?,22-/m1/s1. The molecule has 0 fully saturated rings. The van der Waals surface area contributed by atoms with E-state index in [-0.39, 0.29) is 11.6 Å². The number of nitrogens with zero attached hydrogens (tertiary/aromatic N) is 3. The van der Waals surface area contributed by atoms with E-state index in [1.165, 1.54) is 19.3 Å². The van der Waals surface area contributed by atoms with Crippen molar-refractivity contribution in [3.8, 4) is 0 Å². The molecule has 1 rings (SSSR count). The molecule has 31 heavy (non-hydrogen) atoms. The first-order valence-electron chi connectivity index (χ1n) is 11.2. The Morgan fingerprint density at radius 2 is 1.87 bits per heavy atom. The van der Waals surface area contributed by atoms with Gasteiger partial charge in [-0.2, -0.15) is 0 Å². The predicted molar refractivity (Wildman–Crippen MR) is 130 cm³/mol. The first-order valence-corrected chi connectivity index (χ1v) is 14.1. The molecule has 0 aliphatic heterocycles. The lowest BCUT2D eigenvalue weighted by molar-refractivity contribution is 0.0309. The Labute approximate surface area is 188 Å². The van der Waals surface area contributed by atoms with Gasteiger partial charge in [-0.05, 0) is 54.7 Å². The molecule has 0 bridgehead atoms. The van der Waals surface area contributed by atoms with Gasteiger partial charge in [0.05, 0.1) is 5.56 Å². The fraction of sp³-hybridized carbons (Fsp3) is 0.625. The van der Waals surface area contributed by atoms with Gasteiger partial charge in [-0.1, -0.05) is 76.3 Å². The summed E-state index contributed by atoms with van der Waals surface area (Å²) in [5, 5.41) is 3.96. The minimum atomic E-state index is -2.05. The first-order chi connectivity index (χ1) is 14.6. The van der Waals surface area contributed by atoms with E-state index in [0.717, 1.165) is 12.8 Å². The summed E-state index contributed by atoms with van der Waals surface area (Å²) in [6.45, 7) is 13.2. The van der Waals surface area contributed by atoms with Gasteiger partial charge in [0.1, 0.15) is 12.1 Å². The molecule has 6 nitrogen and oxygen atoms in total.